The molecule has 3 nitrogen and oxygen atoms in total. The number of hydrogen-bond donors (Lipinski definition) is 0. The molecule has 1 aromatic heterocycles. The molecule has 25 heavy (non-hydrogen) atoms. The van der Waals surface area contributed by atoms with E-state index in [-0.39, 0.29) is 5.97 Å². The molecule has 0 fully saturated rings. The van der Waals surface area contributed by atoms with Crippen molar-refractivity contribution >= 4 is 45.0 Å². The van der Waals surface area contributed by atoms with Gasteiger partial charge in [0.05, 0.1) is 17.9 Å². The Hall–Kier alpha value is -1.30. The Morgan fingerprint density at radius 3 is 2.80 bits per heavy atom. The summed E-state index contributed by atoms with van der Waals surface area (Å²) in [6.07, 6.45) is 9.65. The van der Waals surface area contributed by atoms with E-state index in [0.717, 1.165) is 13.0 Å². The van der Waals surface area contributed by atoms with E-state index in [1.165, 1.54) is 57.8 Å². The van der Waals surface area contributed by atoms with Gasteiger partial charge in [-0.3, -0.25) is 0 Å². The maximum atomic E-state index is 12.1. The number of halogens is 1. The van der Waals surface area contributed by atoms with Crippen LogP contribution in [-0.2, 0) is 11.3 Å². The van der Waals surface area contributed by atoms with E-state index >= 15 is 0 Å². The highest BCUT2D eigenvalue weighted by atomic mass is 127. The van der Waals surface area contributed by atoms with Crippen LogP contribution in [0.3, 0.4) is 0 Å². The number of fused-ring (bicyclic) bond motifs is 1. The first kappa shape index (κ1) is 18.5. The second kappa shape index (κ2) is 8.39. The highest BCUT2D eigenvalue weighted by Gasteiger charge is 2.20. The molecule has 0 saturated heterocycles. The van der Waals surface area contributed by atoms with Gasteiger partial charge in [0.15, 0.2) is 0 Å². The summed E-state index contributed by atoms with van der Waals surface area (Å²) in [5.74, 6) is -0.236. The maximum absolute atomic E-state index is 12.1. The van der Waals surface area contributed by atoms with Crippen molar-refractivity contribution in [3.8, 4) is 0 Å². The molecule has 3 rings (SSSR count). The SMILES string of the molecule is CCCCn1c(C2=CCCCC2)c(I)c2cc(C(=O)OCC)ccc21. The second-order valence-corrected chi connectivity index (χ2v) is 7.67. The number of benzene rings is 1. The van der Waals surface area contributed by atoms with Crippen molar-refractivity contribution in [1.29, 1.82) is 0 Å². The number of carbonyl (C=O) groups is 1. The first-order chi connectivity index (χ1) is 12.2. The second-order valence-electron chi connectivity index (χ2n) is 6.60. The Labute approximate surface area is 163 Å². The van der Waals surface area contributed by atoms with E-state index in [0.29, 0.717) is 12.2 Å². The fourth-order valence-electron chi connectivity index (χ4n) is 3.57. The number of carbonyl (C=O) groups excluding carboxylic acids is 1. The van der Waals surface area contributed by atoms with Crippen molar-refractivity contribution in [2.45, 2.75) is 58.9 Å². The fraction of sp³-hybridized carbons (Fsp3) is 0.476. The van der Waals surface area contributed by atoms with E-state index in [9.17, 15) is 4.79 Å². The number of aryl methyl sites for hydroxylation is 1. The molecule has 0 spiro atoms. The Kier molecular flexibility index (Phi) is 6.20. The topological polar surface area (TPSA) is 31.2 Å². The van der Waals surface area contributed by atoms with Gasteiger partial charge in [0.1, 0.15) is 0 Å². The van der Waals surface area contributed by atoms with Gasteiger partial charge >= 0.3 is 5.97 Å². The molecular weight excluding hydrogens is 425 g/mol. The third-order valence-electron chi connectivity index (χ3n) is 4.84. The molecule has 0 saturated carbocycles. The third-order valence-corrected chi connectivity index (χ3v) is 5.94. The Morgan fingerprint density at radius 2 is 2.12 bits per heavy atom. The van der Waals surface area contributed by atoms with Gasteiger partial charge in [-0.15, -0.1) is 0 Å². The predicted octanol–water partition coefficient (Wildman–Crippen LogP) is 6.18. The largest absolute Gasteiger partial charge is 0.462 e. The van der Waals surface area contributed by atoms with Crippen LogP contribution >= 0.6 is 22.6 Å². The molecule has 1 aliphatic rings. The minimum atomic E-state index is -0.236. The minimum Gasteiger partial charge on any atom is -0.462 e. The summed E-state index contributed by atoms with van der Waals surface area (Å²) >= 11 is 2.46. The van der Waals surface area contributed by atoms with Crippen LogP contribution in [0, 0.1) is 3.57 Å². The molecule has 0 bridgehead atoms. The van der Waals surface area contributed by atoms with Gasteiger partial charge in [-0.2, -0.15) is 0 Å². The first-order valence-electron chi connectivity index (χ1n) is 9.35. The molecule has 2 aromatic rings. The number of ether oxygens (including phenoxy) is 1. The molecule has 0 amide bonds. The number of rotatable bonds is 6. The normalized spacial score (nSPS) is 14.6. The van der Waals surface area contributed by atoms with E-state index < -0.39 is 0 Å². The molecule has 134 valence electrons. The van der Waals surface area contributed by atoms with E-state index in [1.54, 1.807) is 0 Å². The smallest absolute Gasteiger partial charge is 0.338 e. The monoisotopic (exact) mass is 451 g/mol. The van der Waals surface area contributed by atoms with Gasteiger partial charge in [-0.25, -0.2) is 4.79 Å². The van der Waals surface area contributed by atoms with Crippen LogP contribution in [0.5, 0.6) is 0 Å². The molecule has 4 heteroatoms. The zero-order chi connectivity index (χ0) is 17.8. The van der Waals surface area contributed by atoms with Crippen LogP contribution in [0.4, 0.5) is 0 Å². The Balaban J connectivity index is 2.14. The number of unbranched alkanes of at least 4 members (excludes halogenated alkanes) is 1. The summed E-state index contributed by atoms with van der Waals surface area (Å²) in [4.78, 5) is 12.1. The highest BCUT2D eigenvalue weighted by molar-refractivity contribution is 14.1. The standard InChI is InChI=1S/C21H26INO2/c1-3-5-13-23-18-12-11-16(21(24)25-4-2)14-17(18)19(22)20(23)15-9-7-6-8-10-15/h9,11-12,14H,3-8,10,13H2,1-2H3. The minimum absolute atomic E-state index is 0.236. The van der Waals surface area contributed by atoms with Gasteiger partial charge in [-0.05, 0) is 85.4 Å². The van der Waals surface area contributed by atoms with Gasteiger partial charge in [0.25, 0.3) is 0 Å². The molecule has 0 aliphatic heterocycles. The van der Waals surface area contributed by atoms with Crippen LogP contribution in [0.25, 0.3) is 16.5 Å². The fourth-order valence-corrected chi connectivity index (χ4v) is 4.64. The van der Waals surface area contributed by atoms with Crippen molar-refractivity contribution in [2.75, 3.05) is 6.61 Å². The van der Waals surface area contributed by atoms with Crippen LogP contribution in [0.2, 0.25) is 0 Å². The lowest BCUT2D eigenvalue weighted by Gasteiger charge is -2.17. The third kappa shape index (κ3) is 3.78. The van der Waals surface area contributed by atoms with Crippen LogP contribution in [0.1, 0.15) is 68.4 Å². The molecule has 1 aliphatic carbocycles. The number of esters is 1. The molecule has 1 aromatic carbocycles. The summed E-state index contributed by atoms with van der Waals surface area (Å²) in [5, 5.41) is 1.17. The number of allylic oxidation sites excluding steroid dienone is 2. The van der Waals surface area contributed by atoms with Gasteiger partial charge in [0.2, 0.25) is 0 Å². The summed E-state index contributed by atoms with van der Waals surface area (Å²) in [5.41, 5.74) is 4.71. The van der Waals surface area contributed by atoms with Crippen LogP contribution in [0.15, 0.2) is 24.3 Å². The maximum Gasteiger partial charge on any atom is 0.338 e. The molecule has 0 unspecified atom stereocenters. The number of hydrogen-bond acceptors (Lipinski definition) is 2. The first-order valence-corrected chi connectivity index (χ1v) is 10.4. The zero-order valence-corrected chi connectivity index (χ0v) is 17.3. The van der Waals surface area contributed by atoms with Gasteiger partial charge < -0.3 is 9.30 Å². The lowest BCUT2D eigenvalue weighted by Crippen LogP contribution is -2.06. The van der Waals surface area contributed by atoms with Crippen LogP contribution in [-0.4, -0.2) is 17.1 Å². The summed E-state index contributed by atoms with van der Waals surface area (Å²) in [6.45, 7) is 5.51. The van der Waals surface area contributed by atoms with E-state index in [2.05, 4.69) is 46.2 Å². The van der Waals surface area contributed by atoms with Crippen molar-refractivity contribution in [2.24, 2.45) is 0 Å². The summed E-state index contributed by atoms with van der Waals surface area (Å²) < 4.78 is 8.91. The Bertz CT molecular complexity index is 804. The lowest BCUT2D eigenvalue weighted by atomic mass is 9.97. The molecular formula is C21H26INO2. The molecule has 0 atom stereocenters. The Morgan fingerprint density at radius 1 is 1.28 bits per heavy atom. The van der Waals surface area contributed by atoms with Gasteiger partial charge in [-0.1, -0.05) is 19.4 Å². The van der Waals surface area contributed by atoms with E-state index in [4.69, 9.17) is 4.74 Å². The van der Waals surface area contributed by atoms with Crippen molar-refractivity contribution in [3.05, 3.63) is 39.1 Å². The lowest BCUT2D eigenvalue weighted by molar-refractivity contribution is 0.0526. The zero-order valence-electron chi connectivity index (χ0n) is 15.1. The van der Waals surface area contributed by atoms with Crippen LogP contribution < -0.4 is 0 Å². The van der Waals surface area contributed by atoms with Gasteiger partial charge in [0, 0.05) is 21.0 Å². The molecule has 0 N–H and O–H groups in total. The average molecular weight is 451 g/mol. The number of nitrogens with zero attached hydrogens (tertiary/aromatic N) is 1. The quantitative estimate of drug-likeness (QED) is 0.388. The van der Waals surface area contributed by atoms with Crippen molar-refractivity contribution in [3.63, 3.8) is 0 Å². The molecule has 0 radical (unpaired) electrons. The number of aromatic nitrogens is 1. The van der Waals surface area contributed by atoms with Crippen molar-refractivity contribution in [1.82, 2.24) is 4.57 Å². The summed E-state index contributed by atoms with van der Waals surface area (Å²) in [6, 6.07) is 5.99. The molecule has 1 heterocycles. The predicted molar refractivity (Wildman–Crippen MR) is 112 cm³/mol. The van der Waals surface area contributed by atoms with Crippen molar-refractivity contribution < 1.29 is 9.53 Å². The highest BCUT2D eigenvalue weighted by Crippen LogP contribution is 2.37. The van der Waals surface area contributed by atoms with E-state index in [1.807, 2.05) is 19.1 Å². The summed E-state index contributed by atoms with van der Waals surface area (Å²) in [7, 11) is 0. The average Bonchev–Trinajstić information content (AvgIpc) is 2.92.